The Bertz CT molecular complexity index is 1100. The summed E-state index contributed by atoms with van der Waals surface area (Å²) in [6.07, 6.45) is 1.46. The van der Waals surface area contributed by atoms with Gasteiger partial charge in [-0.2, -0.15) is 4.31 Å². The second-order valence-electron chi connectivity index (χ2n) is 5.69. The molecule has 0 saturated heterocycles. The molecule has 27 heavy (non-hydrogen) atoms. The number of anilines is 1. The quantitative estimate of drug-likeness (QED) is 0.682. The van der Waals surface area contributed by atoms with Gasteiger partial charge >= 0.3 is 0 Å². The van der Waals surface area contributed by atoms with Crippen LogP contribution in [0.15, 0.2) is 53.9 Å². The smallest absolute Gasteiger partial charge is 0.241 e. The predicted molar refractivity (Wildman–Crippen MR) is 105 cm³/mol. The van der Waals surface area contributed by atoms with E-state index in [0.29, 0.717) is 10.2 Å². The van der Waals surface area contributed by atoms with Crippen LogP contribution in [0.1, 0.15) is 5.56 Å². The van der Waals surface area contributed by atoms with E-state index in [1.165, 1.54) is 31.3 Å². The summed E-state index contributed by atoms with van der Waals surface area (Å²) in [5.74, 6) is -0.922. The molecule has 1 aromatic heterocycles. The van der Waals surface area contributed by atoms with E-state index in [-0.39, 0.29) is 17.5 Å². The maximum atomic E-state index is 13.2. The van der Waals surface area contributed by atoms with Gasteiger partial charge < -0.3 is 5.32 Å². The molecule has 0 saturated carbocycles. The molecule has 0 radical (unpaired) electrons. The Labute approximate surface area is 160 Å². The number of rotatable bonds is 6. The minimum absolute atomic E-state index is 0.284. The minimum atomic E-state index is -3.75. The number of halogens is 1. The second kappa shape index (κ2) is 7.95. The van der Waals surface area contributed by atoms with Gasteiger partial charge in [0.2, 0.25) is 15.9 Å². The largest absolute Gasteiger partial charge is 0.301 e. The first kappa shape index (κ1) is 19.2. The number of carbonyl (C=O) groups excluding carboxylic acids is 1. The van der Waals surface area contributed by atoms with Gasteiger partial charge in [-0.1, -0.05) is 41.7 Å². The molecule has 6 nitrogen and oxygen atoms in total. The van der Waals surface area contributed by atoms with Crippen LogP contribution in [0.4, 0.5) is 9.52 Å². The zero-order chi connectivity index (χ0) is 19.4. The first-order valence-corrected chi connectivity index (χ1v) is 10.2. The van der Waals surface area contributed by atoms with Crippen molar-refractivity contribution in [3.63, 3.8) is 0 Å². The van der Waals surface area contributed by atoms with Gasteiger partial charge in [0.15, 0.2) is 5.13 Å². The fourth-order valence-corrected chi connectivity index (χ4v) is 3.98. The predicted octanol–water partition coefficient (Wildman–Crippen LogP) is 3.31. The van der Waals surface area contributed by atoms with Gasteiger partial charge in [-0.05, 0) is 29.8 Å². The van der Waals surface area contributed by atoms with Gasteiger partial charge in [0.1, 0.15) is 5.82 Å². The van der Waals surface area contributed by atoms with Crippen molar-refractivity contribution < 1.29 is 17.6 Å². The van der Waals surface area contributed by atoms with Crippen LogP contribution in [0.2, 0.25) is 0 Å². The molecule has 0 fully saturated rings. The molecule has 0 bridgehead atoms. The lowest BCUT2D eigenvalue weighted by Gasteiger charge is -2.13. The number of hydrogen-bond donors (Lipinski definition) is 1. The minimum Gasteiger partial charge on any atom is -0.301 e. The SMILES string of the molecule is CN(CC(=O)Nc1nc2ccc(F)cc2s1)S(=O)(=O)C=Cc1ccccc1. The van der Waals surface area contributed by atoms with Gasteiger partial charge in [-0.3, -0.25) is 4.79 Å². The van der Waals surface area contributed by atoms with Crippen molar-refractivity contribution in [2.24, 2.45) is 0 Å². The highest BCUT2D eigenvalue weighted by molar-refractivity contribution is 7.92. The van der Waals surface area contributed by atoms with Crippen molar-refractivity contribution in [2.75, 3.05) is 18.9 Å². The summed E-state index contributed by atoms with van der Waals surface area (Å²) in [4.78, 5) is 16.3. The number of hydrogen-bond acceptors (Lipinski definition) is 5. The molecule has 1 N–H and O–H groups in total. The van der Waals surface area contributed by atoms with Crippen LogP contribution < -0.4 is 5.32 Å². The maximum Gasteiger partial charge on any atom is 0.241 e. The van der Waals surface area contributed by atoms with Crippen LogP contribution in [-0.4, -0.2) is 37.2 Å². The third-order valence-corrected chi connectivity index (χ3v) is 6.04. The van der Waals surface area contributed by atoms with E-state index in [9.17, 15) is 17.6 Å². The normalized spacial score (nSPS) is 12.1. The number of likely N-dealkylation sites (N-methyl/N-ethyl adjacent to an activating group) is 1. The topological polar surface area (TPSA) is 79.4 Å². The Morgan fingerprint density at radius 2 is 2.00 bits per heavy atom. The Kier molecular flexibility index (Phi) is 5.64. The average molecular weight is 405 g/mol. The molecular formula is C18H16FN3O3S2. The molecule has 0 aliphatic rings. The number of amides is 1. The maximum absolute atomic E-state index is 13.2. The van der Waals surface area contributed by atoms with E-state index in [0.717, 1.165) is 26.6 Å². The molecule has 1 heterocycles. The van der Waals surface area contributed by atoms with Crippen LogP contribution in [0.3, 0.4) is 0 Å². The number of carbonyl (C=O) groups is 1. The zero-order valence-corrected chi connectivity index (χ0v) is 15.9. The van der Waals surface area contributed by atoms with Crippen LogP contribution in [0.25, 0.3) is 16.3 Å². The van der Waals surface area contributed by atoms with Gasteiger partial charge in [0, 0.05) is 12.5 Å². The van der Waals surface area contributed by atoms with E-state index in [2.05, 4.69) is 10.3 Å². The third-order valence-electron chi connectivity index (χ3n) is 3.63. The molecule has 0 aliphatic carbocycles. The molecule has 3 aromatic rings. The molecule has 3 rings (SSSR count). The highest BCUT2D eigenvalue weighted by Crippen LogP contribution is 2.26. The average Bonchev–Trinajstić information content (AvgIpc) is 3.02. The van der Waals surface area contributed by atoms with E-state index in [4.69, 9.17) is 0 Å². The van der Waals surface area contributed by atoms with Crippen LogP contribution in [0.5, 0.6) is 0 Å². The van der Waals surface area contributed by atoms with Crippen LogP contribution in [-0.2, 0) is 14.8 Å². The lowest BCUT2D eigenvalue weighted by atomic mass is 10.2. The van der Waals surface area contributed by atoms with E-state index >= 15 is 0 Å². The van der Waals surface area contributed by atoms with Crippen LogP contribution >= 0.6 is 11.3 Å². The van der Waals surface area contributed by atoms with Gasteiger partial charge in [-0.25, -0.2) is 17.8 Å². The molecule has 0 unspecified atom stereocenters. The molecule has 2 aromatic carbocycles. The summed E-state index contributed by atoms with van der Waals surface area (Å²) in [6, 6.07) is 13.1. The molecule has 0 atom stereocenters. The van der Waals surface area contributed by atoms with Crippen molar-refractivity contribution in [1.29, 1.82) is 0 Å². The van der Waals surface area contributed by atoms with Crippen molar-refractivity contribution in [3.05, 3.63) is 65.3 Å². The lowest BCUT2D eigenvalue weighted by Crippen LogP contribution is -2.33. The number of fused-ring (bicyclic) bond motifs is 1. The monoisotopic (exact) mass is 405 g/mol. The van der Waals surface area contributed by atoms with Crippen molar-refractivity contribution >= 4 is 48.7 Å². The summed E-state index contributed by atoms with van der Waals surface area (Å²) in [6.45, 7) is -0.369. The highest BCUT2D eigenvalue weighted by Gasteiger charge is 2.18. The number of sulfonamides is 1. The standard InChI is InChI=1S/C18H16FN3O3S2/c1-22(27(24,25)10-9-13-5-3-2-4-6-13)12-17(23)21-18-20-15-8-7-14(19)11-16(15)26-18/h2-11H,12H2,1H3,(H,20,21,23). The lowest BCUT2D eigenvalue weighted by molar-refractivity contribution is -0.116. The summed E-state index contributed by atoms with van der Waals surface area (Å²) in [5, 5.41) is 3.88. The summed E-state index contributed by atoms with van der Waals surface area (Å²) in [7, 11) is -2.43. The molecule has 0 aliphatic heterocycles. The number of nitrogens with one attached hydrogen (secondary N) is 1. The number of thiazole rings is 1. The Morgan fingerprint density at radius 3 is 2.74 bits per heavy atom. The van der Waals surface area contributed by atoms with E-state index < -0.39 is 15.9 Å². The molecule has 1 amide bonds. The third kappa shape index (κ3) is 4.97. The van der Waals surface area contributed by atoms with Crippen molar-refractivity contribution in [2.45, 2.75) is 0 Å². The number of nitrogens with zero attached hydrogens (tertiary/aromatic N) is 2. The van der Waals surface area contributed by atoms with E-state index in [1.807, 2.05) is 6.07 Å². The highest BCUT2D eigenvalue weighted by atomic mass is 32.2. The Morgan fingerprint density at radius 1 is 1.26 bits per heavy atom. The first-order valence-electron chi connectivity index (χ1n) is 7.89. The van der Waals surface area contributed by atoms with Gasteiger partial charge in [0.05, 0.1) is 16.8 Å². The molecule has 0 spiro atoms. The summed E-state index contributed by atoms with van der Waals surface area (Å²) < 4.78 is 39.3. The number of benzene rings is 2. The zero-order valence-electron chi connectivity index (χ0n) is 14.3. The Balaban J connectivity index is 1.64. The van der Waals surface area contributed by atoms with Crippen molar-refractivity contribution in [1.82, 2.24) is 9.29 Å². The first-order chi connectivity index (χ1) is 12.8. The molecular weight excluding hydrogens is 389 g/mol. The van der Waals surface area contributed by atoms with E-state index in [1.54, 1.807) is 24.3 Å². The Hall–Kier alpha value is -2.62. The van der Waals surface area contributed by atoms with Gasteiger partial charge in [-0.15, -0.1) is 0 Å². The fourth-order valence-electron chi connectivity index (χ4n) is 2.24. The second-order valence-corrected chi connectivity index (χ2v) is 8.65. The van der Waals surface area contributed by atoms with Gasteiger partial charge in [0.25, 0.3) is 0 Å². The fraction of sp³-hybridized carbons (Fsp3) is 0.111. The molecule has 9 heteroatoms. The van der Waals surface area contributed by atoms with Crippen molar-refractivity contribution in [3.8, 4) is 0 Å². The number of aromatic nitrogens is 1. The molecule has 140 valence electrons. The summed E-state index contributed by atoms with van der Waals surface area (Å²) >= 11 is 1.12. The summed E-state index contributed by atoms with van der Waals surface area (Å²) in [5.41, 5.74) is 1.30. The van der Waals surface area contributed by atoms with Crippen LogP contribution in [0, 0.1) is 5.82 Å².